The second-order valence-corrected chi connectivity index (χ2v) is 6.26. The van der Waals surface area contributed by atoms with Crippen molar-refractivity contribution in [3.63, 3.8) is 0 Å². The van der Waals surface area contributed by atoms with Crippen molar-refractivity contribution in [3.05, 3.63) is 35.3 Å². The summed E-state index contributed by atoms with van der Waals surface area (Å²) >= 11 is 0. The van der Waals surface area contributed by atoms with E-state index in [1.807, 2.05) is 0 Å². The molecular formula is C15H18FN5. The molecule has 3 rings (SSSR count). The molecule has 1 aliphatic carbocycles. The largest absolute Gasteiger partial charge is 0.369 e. The molecule has 0 saturated heterocycles. The number of nitrogens with two attached hydrogens (primary N) is 2. The van der Waals surface area contributed by atoms with Crippen molar-refractivity contribution in [3.8, 4) is 0 Å². The topological polar surface area (TPSA) is 92.5 Å². The zero-order chi connectivity index (χ0) is 15.2. The molecule has 0 fully saturated rings. The first kappa shape index (κ1) is 13.6. The Balaban J connectivity index is 2.26. The van der Waals surface area contributed by atoms with Gasteiger partial charge in [0.1, 0.15) is 5.82 Å². The van der Waals surface area contributed by atoms with Crippen LogP contribution in [0.4, 0.5) is 4.39 Å². The summed E-state index contributed by atoms with van der Waals surface area (Å²) in [4.78, 5) is 3.36. The van der Waals surface area contributed by atoms with Crippen LogP contribution in [-0.4, -0.2) is 16.7 Å². The third-order valence-corrected chi connectivity index (χ3v) is 3.71. The number of hydrogen-bond donors (Lipinski definition) is 3. The first-order valence-electron chi connectivity index (χ1n) is 6.82. The number of nitrogens with one attached hydrogen (secondary N) is 1. The molecule has 2 aromatic rings. The van der Waals surface area contributed by atoms with E-state index in [9.17, 15) is 4.39 Å². The van der Waals surface area contributed by atoms with Crippen molar-refractivity contribution in [1.82, 2.24) is 4.98 Å². The number of H-pyrrole nitrogens is 1. The fourth-order valence-corrected chi connectivity index (χ4v) is 2.97. The highest BCUT2D eigenvalue weighted by Crippen LogP contribution is 2.38. The minimum Gasteiger partial charge on any atom is -0.369 e. The van der Waals surface area contributed by atoms with Crippen LogP contribution >= 0.6 is 0 Å². The van der Waals surface area contributed by atoms with Gasteiger partial charge in [-0.3, -0.25) is 0 Å². The molecule has 0 unspecified atom stereocenters. The van der Waals surface area contributed by atoms with Crippen LogP contribution in [0, 0.1) is 11.2 Å². The van der Waals surface area contributed by atoms with Gasteiger partial charge in [0.15, 0.2) is 0 Å². The maximum Gasteiger partial charge on any atom is 0.211 e. The van der Waals surface area contributed by atoms with E-state index in [1.54, 1.807) is 6.07 Å². The van der Waals surface area contributed by atoms with Crippen molar-refractivity contribution in [1.29, 1.82) is 0 Å². The average molecular weight is 287 g/mol. The Hall–Kier alpha value is -2.37. The number of guanidine groups is 1. The Bertz CT molecular complexity index is 766. The zero-order valence-corrected chi connectivity index (χ0v) is 12.1. The van der Waals surface area contributed by atoms with E-state index in [4.69, 9.17) is 11.5 Å². The monoisotopic (exact) mass is 287 g/mol. The van der Waals surface area contributed by atoms with Gasteiger partial charge in [0.2, 0.25) is 5.96 Å². The molecule has 6 heteroatoms. The first-order chi connectivity index (χ1) is 9.85. The Morgan fingerprint density at radius 2 is 2.05 bits per heavy atom. The van der Waals surface area contributed by atoms with Crippen LogP contribution in [-0.2, 0) is 6.42 Å². The van der Waals surface area contributed by atoms with Gasteiger partial charge in [-0.15, -0.1) is 5.10 Å². The normalized spacial score (nSPS) is 18.7. The quantitative estimate of drug-likeness (QED) is 0.426. The summed E-state index contributed by atoms with van der Waals surface area (Å²) in [6, 6.07) is 4.71. The summed E-state index contributed by atoms with van der Waals surface area (Å²) in [6.45, 7) is 4.32. The molecule has 21 heavy (non-hydrogen) atoms. The van der Waals surface area contributed by atoms with Crippen LogP contribution in [0.1, 0.15) is 31.5 Å². The van der Waals surface area contributed by atoms with Gasteiger partial charge < -0.3 is 16.5 Å². The Kier molecular flexibility index (Phi) is 2.97. The summed E-state index contributed by atoms with van der Waals surface area (Å²) in [7, 11) is 0. The van der Waals surface area contributed by atoms with Gasteiger partial charge >= 0.3 is 0 Å². The molecular weight excluding hydrogens is 269 g/mol. The van der Waals surface area contributed by atoms with E-state index in [-0.39, 0.29) is 17.2 Å². The lowest BCUT2D eigenvalue weighted by molar-refractivity contribution is 0.369. The maximum absolute atomic E-state index is 13.6. The summed E-state index contributed by atoms with van der Waals surface area (Å²) in [5.41, 5.74) is 14.4. The smallest absolute Gasteiger partial charge is 0.211 e. The lowest BCUT2D eigenvalue weighted by atomic mass is 9.75. The molecule has 5 N–H and O–H groups in total. The summed E-state index contributed by atoms with van der Waals surface area (Å²) < 4.78 is 13.6. The van der Waals surface area contributed by atoms with Crippen molar-refractivity contribution in [2.45, 2.75) is 26.7 Å². The summed E-state index contributed by atoms with van der Waals surface area (Å²) in [6.07, 6.45) is 1.61. The number of benzene rings is 1. The highest BCUT2D eigenvalue weighted by atomic mass is 19.1. The third-order valence-electron chi connectivity index (χ3n) is 3.71. The molecule has 0 atom stereocenters. The number of nitrogens with zero attached hydrogens (tertiary/aromatic N) is 2. The molecule has 0 saturated carbocycles. The van der Waals surface area contributed by atoms with Crippen molar-refractivity contribution >= 4 is 22.6 Å². The summed E-state index contributed by atoms with van der Waals surface area (Å²) in [5, 5.41) is 8.78. The second kappa shape index (κ2) is 4.58. The molecule has 110 valence electrons. The van der Waals surface area contributed by atoms with Gasteiger partial charge in [0.25, 0.3) is 0 Å². The summed E-state index contributed by atoms with van der Waals surface area (Å²) in [5.74, 6) is -0.353. The molecule has 0 spiro atoms. The van der Waals surface area contributed by atoms with E-state index in [1.165, 1.54) is 12.1 Å². The lowest BCUT2D eigenvalue weighted by Gasteiger charge is -2.30. The number of aromatic nitrogens is 1. The Labute approximate surface area is 121 Å². The Morgan fingerprint density at radius 1 is 1.29 bits per heavy atom. The van der Waals surface area contributed by atoms with Crippen LogP contribution in [0.2, 0.25) is 0 Å². The van der Waals surface area contributed by atoms with Gasteiger partial charge in [0.05, 0.1) is 5.71 Å². The van der Waals surface area contributed by atoms with Gasteiger partial charge in [-0.1, -0.05) is 13.8 Å². The van der Waals surface area contributed by atoms with E-state index in [0.29, 0.717) is 0 Å². The van der Waals surface area contributed by atoms with Gasteiger partial charge in [-0.05, 0) is 36.5 Å². The molecule has 1 heterocycles. The first-order valence-corrected chi connectivity index (χ1v) is 6.82. The molecule has 1 aliphatic rings. The molecule has 0 bridgehead atoms. The second-order valence-electron chi connectivity index (χ2n) is 6.26. The minimum absolute atomic E-state index is 0.0458. The van der Waals surface area contributed by atoms with Crippen molar-refractivity contribution in [2.24, 2.45) is 27.1 Å². The maximum atomic E-state index is 13.6. The molecule has 0 amide bonds. The molecule has 1 aromatic carbocycles. The SMILES string of the molecule is CC1(C)C/C(=N\N=C(N)N)c2c([nH]c3ccc(F)cc23)C1. The zero-order valence-electron chi connectivity index (χ0n) is 12.1. The predicted octanol–water partition coefficient (Wildman–Crippen LogP) is 2.26. The molecule has 5 nitrogen and oxygen atoms in total. The number of hydrogen-bond acceptors (Lipinski definition) is 2. The van der Waals surface area contributed by atoms with Gasteiger partial charge in [-0.2, -0.15) is 5.10 Å². The van der Waals surface area contributed by atoms with E-state index >= 15 is 0 Å². The van der Waals surface area contributed by atoms with Crippen LogP contribution in [0.15, 0.2) is 28.4 Å². The standard InChI is InChI=1S/C15H18FN5/c1-15(2)6-11-13(12(7-15)20-21-14(17)18)9-5-8(16)3-4-10(9)19-11/h3-5,19H,6-7H2,1-2H3,(H4,17,18,21)/b20-12+. The molecule has 0 radical (unpaired) electrons. The number of fused-ring (bicyclic) bond motifs is 3. The highest BCUT2D eigenvalue weighted by Gasteiger charge is 2.32. The third kappa shape index (κ3) is 2.49. The van der Waals surface area contributed by atoms with Crippen LogP contribution < -0.4 is 11.5 Å². The van der Waals surface area contributed by atoms with Gasteiger partial charge in [-0.25, -0.2) is 4.39 Å². The van der Waals surface area contributed by atoms with E-state index in [0.717, 1.165) is 40.7 Å². The fraction of sp³-hybridized carbons (Fsp3) is 0.333. The average Bonchev–Trinajstić information content (AvgIpc) is 2.71. The molecule has 0 aliphatic heterocycles. The van der Waals surface area contributed by atoms with Crippen LogP contribution in [0.5, 0.6) is 0 Å². The highest BCUT2D eigenvalue weighted by molar-refractivity contribution is 6.13. The molecule has 1 aromatic heterocycles. The minimum atomic E-state index is -0.268. The van der Waals surface area contributed by atoms with Crippen LogP contribution in [0.3, 0.4) is 0 Å². The fourth-order valence-electron chi connectivity index (χ4n) is 2.97. The van der Waals surface area contributed by atoms with Crippen molar-refractivity contribution < 1.29 is 4.39 Å². The van der Waals surface area contributed by atoms with Crippen LogP contribution in [0.25, 0.3) is 10.9 Å². The number of rotatable bonds is 1. The number of aromatic amines is 1. The van der Waals surface area contributed by atoms with Crippen molar-refractivity contribution in [2.75, 3.05) is 0 Å². The van der Waals surface area contributed by atoms with E-state index in [2.05, 4.69) is 29.0 Å². The number of halogens is 1. The predicted molar refractivity (Wildman–Crippen MR) is 82.7 cm³/mol. The van der Waals surface area contributed by atoms with Gasteiger partial charge in [0, 0.05) is 22.2 Å². The lowest BCUT2D eigenvalue weighted by Crippen LogP contribution is -2.27. The Morgan fingerprint density at radius 3 is 2.76 bits per heavy atom. The van der Waals surface area contributed by atoms with E-state index < -0.39 is 0 Å².